The Labute approximate surface area is 292 Å². The molecule has 1 aliphatic carbocycles. The summed E-state index contributed by atoms with van der Waals surface area (Å²) in [6.45, 7) is 14.0. The molecule has 1 saturated carbocycles. The summed E-state index contributed by atoms with van der Waals surface area (Å²) in [5, 5.41) is 3.80. The first-order valence-electron chi connectivity index (χ1n) is 18.3. The Bertz CT molecular complexity index is 2220. The van der Waals surface area contributed by atoms with Gasteiger partial charge in [0.1, 0.15) is 7.05 Å². The Balaban J connectivity index is 1.23. The van der Waals surface area contributed by atoms with Crippen LogP contribution in [-0.4, -0.2) is 13.1 Å². The molecule has 0 bridgehead atoms. The average molecular weight is 664 g/mol. The van der Waals surface area contributed by atoms with Gasteiger partial charge in [0.15, 0.2) is 24.0 Å². The van der Waals surface area contributed by atoms with Gasteiger partial charge in [-0.25, -0.2) is 9.55 Å². The van der Waals surface area contributed by atoms with E-state index in [0.717, 1.165) is 46.5 Å². The third-order valence-electron chi connectivity index (χ3n) is 11.4. The summed E-state index contributed by atoms with van der Waals surface area (Å²) >= 11 is 0. The van der Waals surface area contributed by atoms with Gasteiger partial charge in [-0.1, -0.05) is 82.2 Å². The lowest BCUT2D eigenvalue weighted by molar-refractivity contribution is -0.706. The van der Waals surface area contributed by atoms with E-state index in [2.05, 4.69) is 134 Å². The van der Waals surface area contributed by atoms with Gasteiger partial charge in [-0.2, -0.15) is 4.57 Å². The number of aromatic nitrogens is 3. The molecule has 4 aromatic heterocycles. The molecule has 2 unspecified atom stereocenters. The smallest absolute Gasteiger partial charge is 0.227 e. The van der Waals surface area contributed by atoms with Crippen molar-refractivity contribution in [2.24, 2.45) is 13.0 Å². The van der Waals surface area contributed by atoms with Crippen molar-refractivity contribution < 1.29 is 13.6 Å². The second-order valence-corrected chi connectivity index (χ2v) is 20.7. The van der Waals surface area contributed by atoms with E-state index in [9.17, 15) is 0 Å². The highest BCUT2D eigenvalue weighted by Crippen LogP contribution is 2.43. The molecule has 8 rings (SSSR count). The normalized spacial score (nSPS) is 17.8. The van der Waals surface area contributed by atoms with E-state index < -0.39 is 8.07 Å². The zero-order valence-electron chi connectivity index (χ0n) is 29.8. The number of hydrogen-bond acceptors (Lipinski definition) is 2. The highest BCUT2D eigenvalue weighted by Gasteiger charge is 2.40. The molecule has 4 nitrogen and oxygen atoms in total. The van der Waals surface area contributed by atoms with Crippen molar-refractivity contribution in [1.82, 2.24) is 4.98 Å². The predicted octanol–water partition coefficient (Wildman–Crippen LogP) is 9.47. The highest BCUT2D eigenvalue weighted by atomic mass is 28.3. The quantitative estimate of drug-likeness (QED) is 0.0924. The van der Waals surface area contributed by atoms with Crippen LogP contribution >= 0.6 is 0 Å². The Morgan fingerprint density at radius 2 is 1.69 bits per heavy atom. The maximum absolute atomic E-state index is 6.61. The van der Waals surface area contributed by atoms with E-state index in [1.165, 1.54) is 60.1 Å². The van der Waals surface area contributed by atoms with E-state index in [0.29, 0.717) is 11.6 Å². The molecule has 0 radical (unpaired) electrons. The fourth-order valence-electron chi connectivity index (χ4n) is 8.91. The first-order chi connectivity index (χ1) is 23.7. The maximum atomic E-state index is 6.61. The van der Waals surface area contributed by atoms with Crippen LogP contribution in [0.2, 0.25) is 19.6 Å². The topological polar surface area (TPSA) is 33.8 Å². The Hall–Kier alpha value is -4.35. The molecule has 0 spiro atoms. The maximum Gasteiger partial charge on any atom is 0.227 e. The second-order valence-electron chi connectivity index (χ2n) is 15.6. The number of furan rings is 1. The van der Waals surface area contributed by atoms with Crippen LogP contribution in [0.3, 0.4) is 0 Å². The number of hydrogen-bond donors (Lipinski definition) is 0. The van der Waals surface area contributed by atoms with Gasteiger partial charge in [-0.05, 0) is 79.1 Å². The van der Waals surface area contributed by atoms with Crippen molar-refractivity contribution in [3.05, 3.63) is 120 Å². The summed E-state index contributed by atoms with van der Waals surface area (Å²) in [5.41, 5.74) is 12.0. The van der Waals surface area contributed by atoms with Crippen LogP contribution in [0.4, 0.5) is 0 Å². The van der Waals surface area contributed by atoms with E-state index in [-0.39, 0.29) is 6.04 Å². The molecule has 248 valence electrons. The molecular weight excluding hydrogens is 615 g/mol. The van der Waals surface area contributed by atoms with Crippen LogP contribution < -0.4 is 14.3 Å². The van der Waals surface area contributed by atoms with E-state index in [1.807, 2.05) is 6.92 Å². The monoisotopic (exact) mass is 663 g/mol. The third kappa shape index (κ3) is 5.66. The van der Waals surface area contributed by atoms with Gasteiger partial charge in [0.05, 0.1) is 19.6 Å². The third-order valence-corrected chi connectivity index (χ3v) is 13.4. The molecule has 1 fully saturated rings. The molecule has 2 atom stereocenters. The van der Waals surface area contributed by atoms with Gasteiger partial charge >= 0.3 is 0 Å². The Morgan fingerprint density at radius 3 is 2.47 bits per heavy atom. The van der Waals surface area contributed by atoms with Gasteiger partial charge in [0.2, 0.25) is 17.1 Å². The lowest BCUT2D eigenvalue weighted by Crippen LogP contribution is -2.53. The lowest BCUT2D eigenvalue weighted by atomic mass is 9.79. The molecule has 0 N–H and O–H groups in total. The summed E-state index contributed by atoms with van der Waals surface area (Å²) in [6, 6.07) is 27.1. The van der Waals surface area contributed by atoms with Crippen molar-refractivity contribution in [2.75, 3.05) is 0 Å². The van der Waals surface area contributed by atoms with Crippen molar-refractivity contribution >= 4 is 35.3 Å². The molecule has 0 saturated heterocycles. The van der Waals surface area contributed by atoms with E-state index in [4.69, 9.17) is 9.40 Å². The molecular formula is C44H49N3OSi+2. The second kappa shape index (κ2) is 12.5. The van der Waals surface area contributed by atoms with Crippen molar-refractivity contribution in [1.29, 1.82) is 0 Å². The largest absolute Gasteiger partial charge is 0.437 e. The molecule has 0 amide bonds. The highest BCUT2D eigenvalue weighted by molar-refractivity contribution is 6.89. The minimum atomic E-state index is -1.60. The first kappa shape index (κ1) is 31.9. The predicted molar refractivity (Wildman–Crippen MR) is 204 cm³/mol. The number of benzene rings is 2. The number of rotatable bonds is 8. The zero-order valence-corrected chi connectivity index (χ0v) is 30.8. The summed E-state index contributed by atoms with van der Waals surface area (Å²) in [7, 11) is 0.520. The van der Waals surface area contributed by atoms with Gasteiger partial charge in [-0.15, -0.1) is 0 Å². The Morgan fingerprint density at radius 1 is 0.918 bits per heavy atom. The minimum absolute atomic E-state index is 0.180. The van der Waals surface area contributed by atoms with Crippen LogP contribution in [0.15, 0.2) is 102 Å². The standard InChI is InChI=1S/C44H49N3OSi/c1-7-38-35(33-16-10-11-17-34(33)40-27-32(26-30-14-8-9-15-30)41(28-47(38)40)49(4,5)6)23-20-31-21-24-36-37-22-19-29(2)45-44(37)48-43(36)42(31)39-18-12-13-25-46(39)3/h7,10-13,16-19,21-22,24-25,27-28,30,35,38H,1,8-9,14-15,20,23,26H2,2-6H3/q+2. The minimum Gasteiger partial charge on any atom is -0.437 e. The van der Waals surface area contributed by atoms with Crippen LogP contribution in [0, 0.1) is 12.8 Å². The van der Waals surface area contributed by atoms with Gasteiger partial charge < -0.3 is 4.42 Å². The number of pyridine rings is 3. The van der Waals surface area contributed by atoms with Crippen molar-refractivity contribution in [3.8, 4) is 22.5 Å². The first-order valence-corrected chi connectivity index (χ1v) is 21.8. The van der Waals surface area contributed by atoms with Crippen LogP contribution in [0.5, 0.6) is 0 Å². The van der Waals surface area contributed by atoms with E-state index >= 15 is 0 Å². The molecule has 6 aromatic rings. The van der Waals surface area contributed by atoms with Crippen LogP contribution in [0.25, 0.3) is 44.6 Å². The molecule has 5 heteroatoms. The number of aryl methyl sites for hydroxylation is 3. The van der Waals surface area contributed by atoms with Crippen molar-refractivity contribution in [2.45, 2.75) is 83.5 Å². The summed E-state index contributed by atoms with van der Waals surface area (Å²) in [6.07, 6.45) is 15.6. The summed E-state index contributed by atoms with van der Waals surface area (Å²) in [5.74, 6) is 1.12. The molecule has 5 heterocycles. The van der Waals surface area contributed by atoms with Gasteiger partial charge in [-0.3, -0.25) is 0 Å². The number of fused-ring (bicyclic) bond motifs is 6. The SMILES string of the molecule is C=CC1C(CCc2ccc3c(oc4nc(C)ccc43)c2-c2cccc[n+]2C)c2ccccc2-c2cc(CC3CCCC3)c([Si](C)(C)C)c[n+]21. The molecule has 49 heavy (non-hydrogen) atoms. The van der Waals surface area contributed by atoms with E-state index in [1.54, 1.807) is 10.8 Å². The average Bonchev–Trinajstić information content (AvgIpc) is 3.74. The van der Waals surface area contributed by atoms with Crippen molar-refractivity contribution in [3.63, 3.8) is 0 Å². The Kier molecular flexibility index (Phi) is 8.14. The van der Waals surface area contributed by atoms with Crippen LogP contribution in [0.1, 0.15) is 66.4 Å². The molecule has 2 aromatic carbocycles. The fourth-order valence-corrected chi connectivity index (χ4v) is 10.6. The fraction of sp³-hybridized carbons (Fsp3) is 0.341. The zero-order chi connectivity index (χ0) is 33.9. The number of nitrogens with zero attached hydrogens (tertiary/aromatic N) is 3. The van der Waals surface area contributed by atoms with Crippen LogP contribution in [-0.2, 0) is 19.9 Å². The molecule has 2 aliphatic rings. The van der Waals surface area contributed by atoms with Gasteiger partial charge in [0.25, 0.3) is 0 Å². The summed E-state index contributed by atoms with van der Waals surface area (Å²) < 4.78 is 11.4. The number of allylic oxidation sites excluding steroid dienone is 1. The summed E-state index contributed by atoms with van der Waals surface area (Å²) in [4.78, 5) is 4.76. The lowest BCUT2D eigenvalue weighted by Gasteiger charge is -2.31. The molecule has 1 aliphatic heterocycles. The van der Waals surface area contributed by atoms with Gasteiger partial charge in [0, 0.05) is 45.4 Å².